The van der Waals surface area contributed by atoms with Crippen molar-refractivity contribution in [3.8, 4) is 0 Å². The average Bonchev–Trinajstić information content (AvgIpc) is 2.75. The van der Waals surface area contributed by atoms with Crippen molar-refractivity contribution in [2.24, 2.45) is 5.92 Å². The number of nitrogens with zero attached hydrogens (tertiary/aromatic N) is 1. The molecular formula is C17H28N2. The Kier molecular flexibility index (Phi) is 5.41. The zero-order chi connectivity index (χ0) is 13.7. The first kappa shape index (κ1) is 14.5. The molecule has 2 nitrogen and oxygen atoms in total. The second kappa shape index (κ2) is 7.06. The quantitative estimate of drug-likeness (QED) is 0.788. The lowest BCUT2D eigenvalue weighted by Gasteiger charge is -2.32. The van der Waals surface area contributed by atoms with E-state index >= 15 is 0 Å². The highest BCUT2D eigenvalue weighted by atomic mass is 15.2. The van der Waals surface area contributed by atoms with Crippen molar-refractivity contribution in [3.63, 3.8) is 0 Å². The average molecular weight is 260 g/mol. The predicted molar refractivity (Wildman–Crippen MR) is 82.3 cm³/mol. The van der Waals surface area contributed by atoms with Crippen LogP contribution in [0.1, 0.15) is 45.2 Å². The van der Waals surface area contributed by atoms with E-state index < -0.39 is 0 Å². The van der Waals surface area contributed by atoms with E-state index in [9.17, 15) is 0 Å². The molecule has 2 rings (SSSR count). The van der Waals surface area contributed by atoms with Gasteiger partial charge in [-0.3, -0.25) is 4.90 Å². The Hall–Kier alpha value is -0.860. The second-order valence-electron chi connectivity index (χ2n) is 6.02. The molecule has 2 heteroatoms. The maximum Gasteiger partial charge on any atom is 0.0475 e. The minimum Gasteiger partial charge on any atom is -0.315 e. The first-order valence-corrected chi connectivity index (χ1v) is 7.73. The maximum absolute atomic E-state index is 3.60. The largest absolute Gasteiger partial charge is 0.315 e. The molecule has 1 aliphatic heterocycles. The van der Waals surface area contributed by atoms with Crippen LogP contribution in [0.5, 0.6) is 0 Å². The molecule has 1 heterocycles. The lowest BCUT2D eigenvalue weighted by atomic mass is 10.0. The molecule has 1 fully saturated rings. The molecule has 0 amide bonds. The van der Waals surface area contributed by atoms with Crippen LogP contribution >= 0.6 is 0 Å². The van der Waals surface area contributed by atoms with Gasteiger partial charge in [-0.15, -0.1) is 0 Å². The van der Waals surface area contributed by atoms with Gasteiger partial charge in [-0.2, -0.15) is 0 Å². The Labute approximate surface area is 118 Å². The highest BCUT2D eigenvalue weighted by Gasteiger charge is 2.32. The van der Waals surface area contributed by atoms with E-state index in [1.54, 1.807) is 0 Å². The zero-order valence-corrected chi connectivity index (χ0v) is 12.6. The molecule has 0 aliphatic carbocycles. The van der Waals surface area contributed by atoms with Crippen molar-refractivity contribution < 1.29 is 0 Å². The molecule has 0 bridgehead atoms. The summed E-state index contributed by atoms with van der Waals surface area (Å²) in [6.07, 6.45) is 2.53. The van der Waals surface area contributed by atoms with Crippen molar-refractivity contribution in [1.29, 1.82) is 0 Å². The summed E-state index contributed by atoms with van der Waals surface area (Å²) in [6, 6.07) is 12.2. The van der Waals surface area contributed by atoms with Gasteiger partial charge in [-0.05, 0) is 37.8 Å². The Morgan fingerprint density at radius 2 is 2.00 bits per heavy atom. The Morgan fingerprint density at radius 1 is 1.26 bits per heavy atom. The van der Waals surface area contributed by atoms with E-state index in [-0.39, 0.29) is 0 Å². The molecule has 0 spiro atoms. The van der Waals surface area contributed by atoms with Crippen LogP contribution in [0.2, 0.25) is 0 Å². The van der Waals surface area contributed by atoms with E-state index in [1.165, 1.54) is 24.9 Å². The minimum atomic E-state index is 0.521. The Bertz CT molecular complexity index is 363. The summed E-state index contributed by atoms with van der Waals surface area (Å²) in [4.78, 5) is 2.68. The third kappa shape index (κ3) is 3.80. The molecule has 1 aliphatic rings. The Morgan fingerprint density at radius 3 is 2.58 bits per heavy atom. The van der Waals surface area contributed by atoms with E-state index in [0.717, 1.165) is 19.0 Å². The van der Waals surface area contributed by atoms with E-state index in [2.05, 4.69) is 61.3 Å². The fourth-order valence-electron chi connectivity index (χ4n) is 3.28. The standard InChI is InChI=1S/C17H28N2/c1-4-10-18-12-17(16-8-6-5-7-9-16)19-13-14(2)11-15(19)3/h5-9,14-15,17-18H,4,10-13H2,1-3H3. The SMILES string of the molecule is CCCNCC(c1ccccc1)N1CC(C)CC1C. The Balaban J connectivity index is 2.10. The summed E-state index contributed by atoms with van der Waals surface area (Å²) in [5.74, 6) is 0.826. The van der Waals surface area contributed by atoms with Crippen LogP contribution in [0.3, 0.4) is 0 Å². The summed E-state index contributed by atoms with van der Waals surface area (Å²) < 4.78 is 0. The summed E-state index contributed by atoms with van der Waals surface area (Å²) >= 11 is 0. The van der Waals surface area contributed by atoms with Crippen molar-refractivity contribution in [3.05, 3.63) is 35.9 Å². The third-order valence-electron chi connectivity index (χ3n) is 4.18. The number of hydrogen-bond acceptors (Lipinski definition) is 2. The topological polar surface area (TPSA) is 15.3 Å². The lowest BCUT2D eigenvalue weighted by molar-refractivity contribution is 0.183. The molecule has 1 N–H and O–H groups in total. The lowest BCUT2D eigenvalue weighted by Crippen LogP contribution is -2.38. The van der Waals surface area contributed by atoms with Crippen molar-refractivity contribution in [1.82, 2.24) is 10.2 Å². The summed E-state index contributed by atoms with van der Waals surface area (Å²) in [5, 5.41) is 3.60. The number of nitrogens with one attached hydrogen (secondary N) is 1. The fourth-order valence-corrected chi connectivity index (χ4v) is 3.28. The van der Waals surface area contributed by atoms with Gasteiger partial charge in [-0.25, -0.2) is 0 Å². The molecule has 19 heavy (non-hydrogen) atoms. The number of benzene rings is 1. The van der Waals surface area contributed by atoms with Crippen LogP contribution in [0, 0.1) is 5.92 Å². The highest BCUT2D eigenvalue weighted by molar-refractivity contribution is 5.20. The van der Waals surface area contributed by atoms with Gasteiger partial charge in [0.2, 0.25) is 0 Å². The van der Waals surface area contributed by atoms with Gasteiger partial charge in [-0.1, -0.05) is 44.2 Å². The van der Waals surface area contributed by atoms with Crippen LogP contribution in [0.4, 0.5) is 0 Å². The third-order valence-corrected chi connectivity index (χ3v) is 4.18. The highest BCUT2D eigenvalue weighted by Crippen LogP contribution is 2.31. The number of rotatable bonds is 6. The van der Waals surface area contributed by atoms with Gasteiger partial charge in [0.05, 0.1) is 0 Å². The molecule has 106 valence electrons. The van der Waals surface area contributed by atoms with Gasteiger partial charge < -0.3 is 5.32 Å². The van der Waals surface area contributed by atoms with Crippen LogP contribution in [0.25, 0.3) is 0 Å². The van der Waals surface area contributed by atoms with Crippen LogP contribution < -0.4 is 5.32 Å². The molecule has 0 saturated carbocycles. The fraction of sp³-hybridized carbons (Fsp3) is 0.647. The first-order valence-electron chi connectivity index (χ1n) is 7.73. The van der Waals surface area contributed by atoms with Crippen molar-refractivity contribution >= 4 is 0 Å². The monoisotopic (exact) mass is 260 g/mol. The van der Waals surface area contributed by atoms with Crippen LogP contribution in [-0.4, -0.2) is 30.6 Å². The minimum absolute atomic E-state index is 0.521. The van der Waals surface area contributed by atoms with Gasteiger partial charge in [0, 0.05) is 25.2 Å². The van der Waals surface area contributed by atoms with Crippen LogP contribution in [0.15, 0.2) is 30.3 Å². The van der Waals surface area contributed by atoms with Gasteiger partial charge >= 0.3 is 0 Å². The van der Waals surface area contributed by atoms with Crippen molar-refractivity contribution in [2.75, 3.05) is 19.6 Å². The van der Waals surface area contributed by atoms with E-state index in [4.69, 9.17) is 0 Å². The van der Waals surface area contributed by atoms with Crippen molar-refractivity contribution in [2.45, 2.75) is 45.7 Å². The molecule has 0 radical (unpaired) electrons. The maximum atomic E-state index is 3.60. The summed E-state index contributed by atoms with van der Waals surface area (Å²) in [7, 11) is 0. The molecule has 1 aromatic rings. The molecule has 3 atom stereocenters. The van der Waals surface area contributed by atoms with E-state index in [0.29, 0.717) is 12.1 Å². The van der Waals surface area contributed by atoms with E-state index in [1.807, 2.05) is 0 Å². The molecule has 1 aromatic carbocycles. The second-order valence-corrected chi connectivity index (χ2v) is 6.02. The van der Waals surface area contributed by atoms with Gasteiger partial charge in [0.25, 0.3) is 0 Å². The smallest absolute Gasteiger partial charge is 0.0475 e. The molecule has 1 saturated heterocycles. The first-order chi connectivity index (χ1) is 9.22. The summed E-state index contributed by atoms with van der Waals surface area (Å²) in [5.41, 5.74) is 1.45. The van der Waals surface area contributed by atoms with Gasteiger partial charge in [0.1, 0.15) is 0 Å². The number of hydrogen-bond donors (Lipinski definition) is 1. The molecular weight excluding hydrogens is 232 g/mol. The van der Waals surface area contributed by atoms with Crippen LogP contribution in [-0.2, 0) is 0 Å². The molecule has 3 unspecified atom stereocenters. The molecule has 0 aromatic heterocycles. The normalized spacial score (nSPS) is 25.6. The summed E-state index contributed by atoms with van der Waals surface area (Å²) in [6.45, 7) is 10.4. The van der Waals surface area contributed by atoms with Gasteiger partial charge in [0.15, 0.2) is 0 Å². The number of likely N-dealkylation sites (tertiary alicyclic amines) is 1. The predicted octanol–water partition coefficient (Wildman–Crippen LogP) is 3.46. The zero-order valence-electron chi connectivity index (χ0n) is 12.6.